The van der Waals surface area contributed by atoms with Gasteiger partial charge in [-0.25, -0.2) is 4.39 Å². The lowest BCUT2D eigenvalue weighted by Gasteiger charge is -2.17. The Morgan fingerprint density at radius 1 is 1.53 bits per heavy atom. The first-order valence-electron chi connectivity index (χ1n) is 6.11. The maximum Gasteiger partial charge on any atom is 0.123 e. The number of ether oxygens (including phenoxy) is 1. The van der Waals surface area contributed by atoms with Crippen LogP contribution in [0.5, 0.6) is 0 Å². The van der Waals surface area contributed by atoms with Crippen LogP contribution >= 0.6 is 0 Å². The molecule has 0 aliphatic carbocycles. The van der Waals surface area contributed by atoms with Crippen LogP contribution in [0.4, 0.5) is 4.39 Å². The van der Waals surface area contributed by atoms with Gasteiger partial charge in [-0.3, -0.25) is 0 Å². The fourth-order valence-electron chi connectivity index (χ4n) is 2.40. The van der Waals surface area contributed by atoms with Gasteiger partial charge in [-0.05, 0) is 49.9 Å². The summed E-state index contributed by atoms with van der Waals surface area (Å²) in [5.74, 6) is -0.0204. The minimum absolute atomic E-state index is 0.203. The topological polar surface area (TPSA) is 29.5 Å². The number of rotatable bonds is 3. The van der Waals surface area contributed by atoms with Crippen LogP contribution in [0.15, 0.2) is 18.2 Å². The molecule has 0 aromatic heterocycles. The Kier molecular flexibility index (Phi) is 3.79. The van der Waals surface area contributed by atoms with Crippen molar-refractivity contribution in [2.24, 2.45) is 5.92 Å². The predicted octanol–water partition coefficient (Wildman–Crippen LogP) is 2.46. The van der Waals surface area contributed by atoms with Crippen molar-refractivity contribution in [3.63, 3.8) is 0 Å². The summed E-state index contributed by atoms with van der Waals surface area (Å²) in [5.41, 5.74) is 1.91. The summed E-state index contributed by atoms with van der Waals surface area (Å²) in [4.78, 5) is 0. The van der Waals surface area contributed by atoms with E-state index in [0.717, 1.165) is 17.5 Å². The van der Waals surface area contributed by atoms with Gasteiger partial charge in [0, 0.05) is 5.92 Å². The number of aryl methyl sites for hydroxylation is 1. The molecule has 1 N–H and O–H groups in total. The molecule has 0 spiro atoms. The first kappa shape index (κ1) is 12.5. The molecule has 1 fully saturated rings. The van der Waals surface area contributed by atoms with Crippen molar-refractivity contribution in [2.45, 2.75) is 38.9 Å². The molecule has 0 bridgehead atoms. The standard InChI is InChI=1S/C14H19FO2/c1-9-5-13(15)4-3-11(9)7-14(16)12-6-10(2)17-8-12/h3-5,10,12,14,16H,6-8H2,1-2H3. The molecular weight excluding hydrogens is 219 g/mol. The maximum absolute atomic E-state index is 13.0. The van der Waals surface area contributed by atoms with Crippen LogP contribution < -0.4 is 0 Å². The van der Waals surface area contributed by atoms with E-state index in [2.05, 4.69) is 0 Å². The average molecular weight is 238 g/mol. The van der Waals surface area contributed by atoms with Crippen LogP contribution in [-0.2, 0) is 11.2 Å². The van der Waals surface area contributed by atoms with Crippen LogP contribution in [0.2, 0.25) is 0 Å². The lowest BCUT2D eigenvalue weighted by atomic mass is 9.92. The van der Waals surface area contributed by atoms with Gasteiger partial charge in [0.25, 0.3) is 0 Å². The van der Waals surface area contributed by atoms with E-state index in [1.54, 1.807) is 6.07 Å². The van der Waals surface area contributed by atoms with Crippen LogP contribution in [0.25, 0.3) is 0 Å². The molecule has 1 aromatic rings. The highest BCUT2D eigenvalue weighted by Crippen LogP contribution is 2.25. The van der Waals surface area contributed by atoms with Crippen LogP contribution in [0, 0.1) is 18.7 Å². The van der Waals surface area contributed by atoms with Gasteiger partial charge in [0.15, 0.2) is 0 Å². The van der Waals surface area contributed by atoms with Crippen molar-refractivity contribution in [1.82, 2.24) is 0 Å². The molecule has 1 aliphatic heterocycles. The molecule has 17 heavy (non-hydrogen) atoms. The monoisotopic (exact) mass is 238 g/mol. The highest BCUT2D eigenvalue weighted by atomic mass is 19.1. The number of aliphatic hydroxyl groups excluding tert-OH is 1. The van der Waals surface area contributed by atoms with E-state index in [4.69, 9.17) is 4.74 Å². The Labute approximate surface area is 101 Å². The molecule has 0 radical (unpaired) electrons. The zero-order valence-electron chi connectivity index (χ0n) is 10.3. The maximum atomic E-state index is 13.0. The number of hydrogen-bond donors (Lipinski definition) is 1. The SMILES string of the molecule is Cc1cc(F)ccc1CC(O)C1COC(C)C1. The third kappa shape index (κ3) is 3.05. The summed E-state index contributed by atoms with van der Waals surface area (Å²) in [6.45, 7) is 4.53. The zero-order valence-corrected chi connectivity index (χ0v) is 10.3. The molecule has 1 heterocycles. The largest absolute Gasteiger partial charge is 0.392 e. The minimum Gasteiger partial charge on any atom is -0.392 e. The minimum atomic E-state index is -0.399. The molecule has 2 nitrogen and oxygen atoms in total. The molecule has 1 saturated heterocycles. The van der Waals surface area contributed by atoms with E-state index >= 15 is 0 Å². The van der Waals surface area contributed by atoms with Gasteiger partial charge >= 0.3 is 0 Å². The predicted molar refractivity (Wildman–Crippen MR) is 64.4 cm³/mol. The molecule has 3 unspecified atom stereocenters. The van der Waals surface area contributed by atoms with E-state index in [9.17, 15) is 9.50 Å². The summed E-state index contributed by atoms with van der Waals surface area (Å²) in [5, 5.41) is 10.1. The normalized spacial score (nSPS) is 26.1. The van der Waals surface area contributed by atoms with Gasteiger partial charge in [-0.15, -0.1) is 0 Å². The summed E-state index contributed by atoms with van der Waals surface area (Å²) < 4.78 is 18.4. The van der Waals surface area contributed by atoms with Crippen LogP contribution in [0.1, 0.15) is 24.5 Å². The molecule has 2 rings (SSSR count). The quantitative estimate of drug-likeness (QED) is 0.876. The smallest absolute Gasteiger partial charge is 0.123 e. The van der Waals surface area contributed by atoms with Crippen molar-refractivity contribution in [3.8, 4) is 0 Å². The third-order valence-corrected chi connectivity index (χ3v) is 3.51. The second-order valence-electron chi connectivity index (χ2n) is 4.98. The van der Waals surface area contributed by atoms with Crippen molar-refractivity contribution in [3.05, 3.63) is 35.1 Å². The van der Waals surface area contributed by atoms with E-state index < -0.39 is 6.10 Å². The number of hydrogen-bond acceptors (Lipinski definition) is 2. The van der Waals surface area contributed by atoms with Crippen molar-refractivity contribution >= 4 is 0 Å². The van der Waals surface area contributed by atoms with E-state index in [1.165, 1.54) is 12.1 Å². The van der Waals surface area contributed by atoms with Gasteiger partial charge in [-0.2, -0.15) is 0 Å². The highest BCUT2D eigenvalue weighted by Gasteiger charge is 2.28. The van der Waals surface area contributed by atoms with E-state index in [0.29, 0.717) is 13.0 Å². The fourth-order valence-corrected chi connectivity index (χ4v) is 2.40. The molecule has 3 heteroatoms. The van der Waals surface area contributed by atoms with E-state index in [-0.39, 0.29) is 17.8 Å². The van der Waals surface area contributed by atoms with Gasteiger partial charge in [-0.1, -0.05) is 6.07 Å². The van der Waals surface area contributed by atoms with Crippen molar-refractivity contribution < 1.29 is 14.2 Å². The van der Waals surface area contributed by atoms with Crippen molar-refractivity contribution in [1.29, 1.82) is 0 Å². The molecule has 0 saturated carbocycles. The van der Waals surface area contributed by atoms with Crippen molar-refractivity contribution in [2.75, 3.05) is 6.61 Å². The molecule has 0 amide bonds. The zero-order chi connectivity index (χ0) is 12.4. The number of halogens is 1. The Hall–Kier alpha value is -0.930. The summed E-state index contributed by atoms with van der Waals surface area (Å²) in [6, 6.07) is 4.71. The first-order chi connectivity index (χ1) is 8.06. The summed E-state index contributed by atoms with van der Waals surface area (Å²) >= 11 is 0. The Bertz CT molecular complexity index is 392. The molecule has 1 aromatic carbocycles. The van der Waals surface area contributed by atoms with Gasteiger partial charge in [0.1, 0.15) is 5.82 Å². The molecule has 3 atom stereocenters. The summed E-state index contributed by atoms with van der Waals surface area (Å²) in [6.07, 6.45) is 1.32. The van der Waals surface area contributed by atoms with E-state index in [1.807, 2.05) is 13.8 Å². The average Bonchev–Trinajstić information content (AvgIpc) is 2.69. The molecule has 94 valence electrons. The fraction of sp³-hybridized carbons (Fsp3) is 0.571. The summed E-state index contributed by atoms with van der Waals surface area (Å²) in [7, 11) is 0. The lowest BCUT2D eigenvalue weighted by molar-refractivity contribution is 0.0806. The lowest BCUT2D eigenvalue weighted by Crippen LogP contribution is -2.23. The Morgan fingerprint density at radius 2 is 2.29 bits per heavy atom. The molecule has 1 aliphatic rings. The Balaban J connectivity index is 2.00. The Morgan fingerprint density at radius 3 is 2.88 bits per heavy atom. The molecular formula is C14H19FO2. The first-order valence-corrected chi connectivity index (χ1v) is 6.11. The van der Waals surface area contributed by atoms with Gasteiger partial charge in [0.2, 0.25) is 0 Å². The number of benzene rings is 1. The van der Waals surface area contributed by atoms with Gasteiger partial charge < -0.3 is 9.84 Å². The van der Waals surface area contributed by atoms with Crippen LogP contribution in [0.3, 0.4) is 0 Å². The third-order valence-electron chi connectivity index (χ3n) is 3.51. The van der Waals surface area contributed by atoms with Gasteiger partial charge in [0.05, 0.1) is 18.8 Å². The van der Waals surface area contributed by atoms with Crippen LogP contribution in [-0.4, -0.2) is 23.9 Å². The number of aliphatic hydroxyl groups is 1. The highest BCUT2D eigenvalue weighted by molar-refractivity contribution is 5.27. The second kappa shape index (κ2) is 5.15. The second-order valence-corrected chi connectivity index (χ2v) is 4.98.